The Kier molecular flexibility index (Phi) is 5.94. The molecule has 3 rings (SSSR count). The Morgan fingerprint density at radius 2 is 1.96 bits per heavy atom. The van der Waals surface area contributed by atoms with Crippen LogP contribution in [0.2, 0.25) is 0 Å². The normalized spacial score (nSPS) is 11.8. The van der Waals surface area contributed by atoms with Crippen LogP contribution in [0.1, 0.15) is 5.56 Å². The van der Waals surface area contributed by atoms with Gasteiger partial charge in [0.1, 0.15) is 5.75 Å². The summed E-state index contributed by atoms with van der Waals surface area (Å²) in [6, 6.07) is 15.7. The second-order valence-corrected chi connectivity index (χ2v) is 7.52. The van der Waals surface area contributed by atoms with E-state index < -0.39 is 0 Å². The van der Waals surface area contributed by atoms with E-state index in [2.05, 4.69) is 27.9 Å². The second kappa shape index (κ2) is 8.36. The fraction of sp³-hybridized carbons (Fsp3) is 0.263. The first-order chi connectivity index (χ1) is 12.2. The average Bonchev–Trinajstić information content (AvgIpc) is 2.97. The van der Waals surface area contributed by atoms with E-state index in [1.807, 2.05) is 36.4 Å². The van der Waals surface area contributed by atoms with E-state index in [-0.39, 0.29) is 5.91 Å². The highest BCUT2D eigenvalue weighted by Gasteiger charge is 2.08. The molecular formula is C19H20N2O2S2. The van der Waals surface area contributed by atoms with Gasteiger partial charge in [0.25, 0.3) is 5.91 Å². The Balaban J connectivity index is 1.89. The molecule has 0 aliphatic heterocycles. The van der Waals surface area contributed by atoms with Crippen LogP contribution in [0.25, 0.3) is 10.2 Å². The Morgan fingerprint density at radius 1 is 1.20 bits per heavy atom. The number of benzene rings is 2. The third-order valence-electron chi connectivity index (χ3n) is 3.84. The number of thioether (sulfide) groups is 1. The molecule has 1 heterocycles. The lowest BCUT2D eigenvalue weighted by atomic mass is 10.1. The standard InChI is InChI=1S/C19H20N2O2S2/c1-23-15-9-7-14(8-10-15)13-18(22)20-19-21(11-12-24-2)16-5-3-4-6-17(16)25-19/h3-10H,11-13H2,1-2H3. The van der Waals surface area contributed by atoms with Gasteiger partial charge < -0.3 is 9.30 Å². The number of para-hydroxylation sites is 1. The molecular weight excluding hydrogens is 352 g/mol. The van der Waals surface area contributed by atoms with E-state index in [4.69, 9.17) is 4.74 Å². The van der Waals surface area contributed by atoms with Crippen molar-refractivity contribution >= 4 is 39.2 Å². The molecule has 0 saturated heterocycles. The van der Waals surface area contributed by atoms with Crippen LogP contribution in [0.15, 0.2) is 53.5 Å². The van der Waals surface area contributed by atoms with Gasteiger partial charge in [0.2, 0.25) is 0 Å². The third kappa shape index (κ3) is 4.32. The maximum absolute atomic E-state index is 12.4. The van der Waals surface area contributed by atoms with E-state index in [0.29, 0.717) is 6.42 Å². The van der Waals surface area contributed by atoms with Crippen LogP contribution in [-0.4, -0.2) is 29.6 Å². The highest BCUT2D eigenvalue weighted by molar-refractivity contribution is 7.98. The SMILES string of the molecule is COc1ccc(CC(=O)N=c2sc3ccccc3n2CCSC)cc1. The minimum atomic E-state index is -0.130. The van der Waals surface area contributed by atoms with Crippen LogP contribution in [-0.2, 0) is 17.8 Å². The Morgan fingerprint density at radius 3 is 2.68 bits per heavy atom. The number of aryl methyl sites for hydroxylation is 1. The lowest BCUT2D eigenvalue weighted by Crippen LogP contribution is -2.18. The monoisotopic (exact) mass is 372 g/mol. The van der Waals surface area contributed by atoms with Crippen LogP contribution in [0.5, 0.6) is 5.75 Å². The zero-order chi connectivity index (χ0) is 17.6. The summed E-state index contributed by atoms with van der Waals surface area (Å²) < 4.78 is 8.44. The van der Waals surface area contributed by atoms with Crippen LogP contribution in [0.4, 0.5) is 0 Å². The maximum Gasteiger partial charge on any atom is 0.252 e. The van der Waals surface area contributed by atoms with Crippen LogP contribution in [0, 0.1) is 0 Å². The van der Waals surface area contributed by atoms with Crippen molar-refractivity contribution in [2.24, 2.45) is 4.99 Å². The Labute approximate surface area is 155 Å². The van der Waals surface area contributed by atoms with E-state index >= 15 is 0 Å². The quantitative estimate of drug-likeness (QED) is 0.662. The number of fused-ring (bicyclic) bond motifs is 1. The smallest absolute Gasteiger partial charge is 0.252 e. The minimum absolute atomic E-state index is 0.130. The molecule has 130 valence electrons. The molecule has 0 aliphatic rings. The first-order valence-electron chi connectivity index (χ1n) is 7.99. The minimum Gasteiger partial charge on any atom is -0.497 e. The number of hydrogen-bond acceptors (Lipinski definition) is 4. The molecule has 0 spiro atoms. The predicted molar refractivity (Wildman–Crippen MR) is 105 cm³/mol. The molecule has 0 radical (unpaired) electrons. The van der Waals surface area contributed by atoms with Crippen molar-refractivity contribution in [1.82, 2.24) is 4.57 Å². The molecule has 1 amide bonds. The summed E-state index contributed by atoms with van der Waals surface area (Å²) in [5.41, 5.74) is 2.07. The number of hydrogen-bond donors (Lipinski definition) is 0. The van der Waals surface area contributed by atoms with Crippen molar-refractivity contribution in [1.29, 1.82) is 0 Å². The fourth-order valence-electron chi connectivity index (χ4n) is 2.57. The van der Waals surface area contributed by atoms with Crippen molar-refractivity contribution in [3.05, 3.63) is 58.9 Å². The van der Waals surface area contributed by atoms with Crippen molar-refractivity contribution in [2.75, 3.05) is 19.1 Å². The summed E-state index contributed by atoms with van der Waals surface area (Å²) in [6.45, 7) is 0.847. The molecule has 0 atom stereocenters. The molecule has 0 N–H and O–H groups in total. The maximum atomic E-state index is 12.4. The molecule has 1 aromatic heterocycles. The number of rotatable bonds is 6. The first kappa shape index (κ1) is 17.8. The van der Waals surface area contributed by atoms with Gasteiger partial charge in [-0.05, 0) is 36.1 Å². The predicted octanol–water partition coefficient (Wildman–Crippen LogP) is 3.74. The van der Waals surface area contributed by atoms with Gasteiger partial charge in [-0.25, -0.2) is 0 Å². The summed E-state index contributed by atoms with van der Waals surface area (Å²) >= 11 is 3.35. The second-order valence-electron chi connectivity index (χ2n) is 5.53. The molecule has 0 aliphatic carbocycles. The Hall–Kier alpha value is -2.05. The van der Waals surface area contributed by atoms with Crippen molar-refractivity contribution in [3.8, 4) is 5.75 Å². The molecule has 2 aromatic carbocycles. The number of aromatic nitrogens is 1. The van der Waals surface area contributed by atoms with Gasteiger partial charge in [0.05, 0.1) is 23.7 Å². The fourth-order valence-corrected chi connectivity index (χ4v) is 4.01. The molecule has 25 heavy (non-hydrogen) atoms. The number of carbonyl (C=O) groups is 1. The zero-order valence-corrected chi connectivity index (χ0v) is 15.9. The third-order valence-corrected chi connectivity index (χ3v) is 5.49. The van der Waals surface area contributed by atoms with E-state index in [1.165, 1.54) is 0 Å². The molecule has 6 heteroatoms. The van der Waals surface area contributed by atoms with E-state index in [9.17, 15) is 4.79 Å². The van der Waals surface area contributed by atoms with Crippen molar-refractivity contribution in [2.45, 2.75) is 13.0 Å². The number of carbonyl (C=O) groups excluding carboxylic acids is 1. The van der Waals surface area contributed by atoms with Crippen molar-refractivity contribution < 1.29 is 9.53 Å². The molecule has 3 aromatic rings. The van der Waals surface area contributed by atoms with E-state index in [1.54, 1.807) is 30.2 Å². The van der Waals surface area contributed by atoms with Crippen LogP contribution in [0.3, 0.4) is 0 Å². The van der Waals surface area contributed by atoms with Gasteiger partial charge in [0.15, 0.2) is 4.80 Å². The summed E-state index contributed by atoms with van der Waals surface area (Å²) in [4.78, 5) is 17.6. The van der Waals surface area contributed by atoms with Gasteiger partial charge in [0, 0.05) is 12.3 Å². The number of ether oxygens (including phenoxy) is 1. The molecule has 4 nitrogen and oxygen atoms in total. The summed E-state index contributed by atoms with van der Waals surface area (Å²) in [5, 5.41) is 0. The summed E-state index contributed by atoms with van der Waals surface area (Å²) in [5.74, 6) is 1.64. The van der Waals surface area contributed by atoms with Crippen LogP contribution < -0.4 is 9.54 Å². The highest BCUT2D eigenvalue weighted by Crippen LogP contribution is 2.17. The first-order valence-corrected chi connectivity index (χ1v) is 10.2. The largest absolute Gasteiger partial charge is 0.497 e. The molecule has 0 saturated carbocycles. The van der Waals surface area contributed by atoms with Crippen molar-refractivity contribution in [3.63, 3.8) is 0 Å². The molecule has 0 fully saturated rings. The topological polar surface area (TPSA) is 43.6 Å². The zero-order valence-electron chi connectivity index (χ0n) is 14.3. The number of amides is 1. The van der Waals surface area contributed by atoms with Gasteiger partial charge in [-0.1, -0.05) is 35.6 Å². The number of nitrogens with zero attached hydrogens (tertiary/aromatic N) is 2. The highest BCUT2D eigenvalue weighted by atomic mass is 32.2. The Bertz CT molecular complexity index is 926. The van der Waals surface area contributed by atoms with Gasteiger partial charge >= 0.3 is 0 Å². The van der Waals surface area contributed by atoms with Gasteiger partial charge in [-0.2, -0.15) is 16.8 Å². The lowest BCUT2D eigenvalue weighted by molar-refractivity contribution is -0.117. The summed E-state index contributed by atoms with van der Waals surface area (Å²) in [6.07, 6.45) is 2.38. The van der Waals surface area contributed by atoms with Gasteiger partial charge in [-0.3, -0.25) is 4.79 Å². The summed E-state index contributed by atoms with van der Waals surface area (Å²) in [7, 11) is 1.63. The van der Waals surface area contributed by atoms with E-state index in [0.717, 1.165) is 38.6 Å². The van der Waals surface area contributed by atoms with Crippen LogP contribution >= 0.6 is 23.1 Å². The number of thiazole rings is 1. The molecule has 0 bridgehead atoms. The average molecular weight is 373 g/mol. The molecule has 0 unspecified atom stereocenters. The van der Waals surface area contributed by atoms with Gasteiger partial charge in [-0.15, -0.1) is 0 Å². The lowest BCUT2D eigenvalue weighted by Gasteiger charge is -2.03. The number of methoxy groups -OCH3 is 1.